The summed E-state index contributed by atoms with van der Waals surface area (Å²) in [6.45, 7) is 0. The zero-order chi connectivity index (χ0) is 18.6. The van der Waals surface area contributed by atoms with Crippen molar-refractivity contribution in [1.29, 1.82) is 0 Å². The van der Waals surface area contributed by atoms with Crippen molar-refractivity contribution >= 4 is 34.9 Å². The Labute approximate surface area is 155 Å². The van der Waals surface area contributed by atoms with Gasteiger partial charge in [-0.2, -0.15) is 10.1 Å². The molecule has 4 N–H and O–H groups in total. The van der Waals surface area contributed by atoms with E-state index in [2.05, 4.69) is 36.1 Å². The van der Waals surface area contributed by atoms with Crippen LogP contribution < -0.4 is 16.0 Å². The van der Waals surface area contributed by atoms with Crippen LogP contribution in [0.15, 0.2) is 42.6 Å². The number of nitrogens with zero attached hydrogens (tertiary/aromatic N) is 3. The normalized spacial score (nSPS) is 12.9. The largest absolute Gasteiger partial charge is 0.324 e. The Balaban J connectivity index is 1.41. The molecule has 0 spiro atoms. The Morgan fingerprint density at radius 2 is 1.89 bits per heavy atom. The van der Waals surface area contributed by atoms with Crippen LogP contribution in [0, 0.1) is 12.3 Å². The first kappa shape index (κ1) is 16.6. The highest BCUT2D eigenvalue weighted by atomic mass is 16.1. The summed E-state index contributed by atoms with van der Waals surface area (Å²) < 4.78 is 0. The quantitative estimate of drug-likeness (QED) is 0.504. The van der Waals surface area contributed by atoms with Gasteiger partial charge in [-0.1, -0.05) is 0 Å². The van der Waals surface area contributed by atoms with E-state index in [9.17, 15) is 4.79 Å². The molecule has 1 aliphatic rings. The number of hydrogen-bond donors (Lipinski definition) is 4. The summed E-state index contributed by atoms with van der Waals surface area (Å²) in [5.41, 5.74) is 2.55. The molecule has 8 nitrogen and oxygen atoms in total. The maximum absolute atomic E-state index is 11.2. The smallest absolute Gasteiger partial charge is 0.300 e. The molecule has 0 unspecified atom stereocenters. The van der Waals surface area contributed by atoms with Crippen molar-refractivity contribution in [3.8, 4) is 12.3 Å². The van der Waals surface area contributed by atoms with Gasteiger partial charge in [0, 0.05) is 35.2 Å². The van der Waals surface area contributed by atoms with Gasteiger partial charge < -0.3 is 16.0 Å². The Kier molecular flexibility index (Phi) is 4.41. The second-order valence-corrected chi connectivity index (χ2v) is 6.17. The third kappa shape index (κ3) is 4.22. The Morgan fingerprint density at radius 1 is 1.11 bits per heavy atom. The van der Waals surface area contributed by atoms with Gasteiger partial charge in [0.25, 0.3) is 5.91 Å². The number of carbonyl (C=O) groups excluding carboxylic acids is 1. The lowest BCUT2D eigenvalue weighted by Crippen LogP contribution is -2.07. The molecule has 134 valence electrons. The van der Waals surface area contributed by atoms with E-state index in [1.165, 1.54) is 12.8 Å². The summed E-state index contributed by atoms with van der Waals surface area (Å²) in [5.74, 6) is 3.95. The van der Waals surface area contributed by atoms with E-state index < -0.39 is 5.91 Å². The van der Waals surface area contributed by atoms with E-state index in [0.717, 1.165) is 17.2 Å². The highest BCUT2D eigenvalue weighted by molar-refractivity contribution is 6.03. The van der Waals surface area contributed by atoms with Crippen LogP contribution in [0.4, 0.5) is 29.0 Å². The van der Waals surface area contributed by atoms with Crippen LogP contribution in [0.25, 0.3) is 0 Å². The molecule has 4 rings (SSSR count). The van der Waals surface area contributed by atoms with E-state index in [4.69, 9.17) is 6.42 Å². The molecule has 1 fully saturated rings. The van der Waals surface area contributed by atoms with Gasteiger partial charge in [0.2, 0.25) is 5.95 Å². The molecule has 2 heterocycles. The lowest BCUT2D eigenvalue weighted by molar-refractivity contribution is -0.111. The van der Waals surface area contributed by atoms with Gasteiger partial charge in [0.15, 0.2) is 5.82 Å². The van der Waals surface area contributed by atoms with Crippen LogP contribution in [-0.4, -0.2) is 26.1 Å². The zero-order valence-electron chi connectivity index (χ0n) is 14.4. The average molecular weight is 359 g/mol. The first-order valence-electron chi connectivity index (χ1n) is 8.49. The van der Waals surface area contributed by atoms with E-state index in [1.54, 1.807) is 36.5 Å². The molecular formula is C19H17N7O. The van der Waals surface area contributed by atoms with Crippen molar-refractivity contribution in [3.05, 3.63) is 48.3 Å². The Morgan fingerprint density at radius 3 is 2.63 bits per heavy atom. The van der Waals surface area contributed by atoms with Crippen molar-refractivity contribution in [2.45, 2.75) is 18.8 Å². The second-order valence-electron chi connectivity index (χ2n) is 6.17. The van der Waals surface area contributed by atoms with Crippen molar-refractivity contribution in [1.82, 2.24) is 20.2 Å². The minimum Gasteiger partial charge on any atom is -0.324 e. The van der Waals surface area contributed by atoms with Crippen LogP contribution in [0.1, 0.15) is 24.5 Å². The molecule has 0 atom stereocenters. The predicted octanol–water partition coefficient (Wildman–Crippen LogP) is 3.14. The molecule has 2 aromatic heterocycles. The number of carbonyl (C=O) groups is 1. The summed E-state index contributed by atoms with van der Waals surface area (Å²) in [6.07, 6.45) is 9.13. The maximum atomic E-state index is 11.2. The Bertz CT molecular complexity index is 999. The fourth-order valence-electron chi connectivity index (χ4n) is 2.56. The van der Waals surface area contributed by atoms with Crippen molar-refractivity contribution < 1.29 is 4.79 Å². The van der Waals surface area contributed by atoms with Gasteiger partial charge >= 0.3 is 0 Å². The van der Waals surface area contributed by atoms with Crippen LogP contribution >= 0.6 is 0 Å². The summed E-state index contributed by atoms with van der Waals surface area (Å²) >= 11 is 0. The maximum Gasteiger partial charge on any atom is 0.300 e. The molecular weight excluding hydrogens is 342 g/mol. The molecule has 0 aliphatic heterocycles. The fraction of sp³-hybridized carbons (Fsp3) is 0.158. The molecule has 8 heteroatoms. The van der Waals surface area contributed by atoms with Gasteiger partial charge in [0.1, 0.15) is 5.82 Å². The SMILES string of the molecule is C#CC(=O)Nc1ccc(Nc2nccc(Nc3cc(C4CC4)[nH]n3)n2)cc1. The summed E-state index contributed by atoms with van der Waals surface area (Å²) in [6, 6.07) is 10.9. The monoisotopic (exact) mass is 359 g/mol. The summed E-state index contributed by atoms with van der Waals surface area (Å²) in [7, 11) is 0. The van der Waals surface area contributed by atoms with E-state index in [0.29, 0.717) is 23.4 Å². The number of H-pyrrole nitrogens is 1. The van der Waals surface area contributed by atoms with E-state index in [1.807, 2.05) is 12.0 Å². The van der Waals surface area contributed by atoms with Gasteiger partial charge in [-0.05, 0) is 49.1 Å². The summed E-state index contributed by atoms with van der Waals surface area (Å²) in [5, 5.41) is 16.2. The van der Waals surface area contributed by atoms with Crippen molar-refractivity contribution in [2.75, 3.05) is 16.0 Å². The number of terminal acetylenes is 1. The molecule has 0 bridgehead atoms. The number of rotatable bonds is 6. The third-order valence-electron chi connectivity index (χ3n) is 4.06. The molecule has 0 radical (unpaired) electrons. The third-order valence-corrected chi connectivity index (χ3v) is 4.06. The minimum atomic E-state index is -0.485. The highest BCUT2D eigenvalue weighted by Gasteiger charge is 2.25. The fourth-order valence-corrected chi connectivity index (χ4v) is 2.56. The van der Waals surface area contributed by atoms with Crippen molar-refractivity contribution in [2.24, 2.45) is 0 Å². The first-order valence-corrected chi connectivity index (χ1v) is 8.49. The number of benzene rings is 1. The van der Waals surface area contributed by atoms with Gasteiger partial charge in [-0.3, -0.25) is 9.89 Å². The Hall–Kier alpha value is -3.86. The number of anilines is 5. The molecule has 1 aliphatic carbocycles. The van der Waals surface area contributed by atoms with Gasteiger partial charge in [-0.15, -0.1) is 6.42 Å². The number of hydrogen-bond acceptors (Lipinski definition) is 6. The van der Waals surface area contributed by atoms with Gasteiger partial charge in [0.05, 0.1) is 0 Å². The second kappa shape index (κ2) is 7.17. The first-order chi connectivity index (χ1) is 13.2. The average Bonchev–Trinajstić information content (AvgIpc) is 3.43. The molecule has 1 amide bonds. The topological polar surface area (TPSA) is 108 Å². The standard InChI is InChI=1S/C19H17N7O/c1-2-18(27)21-13-5-7-14(8-6-13)22-19-20-10-9-16(24-19)23-17-11-15(25-26-17)12-3-4-12/h1,5-12H,3-4H2,(H,21,27)(H3,20,22,23,24,25,26). The molecule has 1 saturated carbocycles. The molecule has 27 heavy (non-hydrogen) atoms. The van der Waals surface area contributed by atoms with Crippen molar-refractivity contribution in [3.63, 3.8) is 0 Å². The van der Waals surface area contributed by atoms with Crippen LogP contribution in [-0.2, 0) is 4.79 Å². The molecule has 1 aromatic carbocycles. The zero-order valence-corrected chi connectivity index (χ0v) is 14.4. The number of amides is 1. The molecule has 0 saturated heterocycles. The number of nitrogens with one attached hydrogen (secondary N) is 4. The van der Waals surface area contributed by atoms with Gasteiger partial charge in [-0.25, -0.2) is 4.98 Å². The lowest BCUT2D eigenvalue weighted by Gasteiger charge is -2.08. The predicted molar refractivity (Wildman–Crippen MR) is 103 cm³/mol. The minimum absolute atomic E-state index is 0.443. The number of aromatic amines is 1. The van der Waals surface area contributed by atoms with Crippen LogP contribution in [0.2, 0.25) is 0 Å². The van der Waals surface area contributed by atoms with E-state index >= 15 is 0 Å². The van der Waals surface area contributed by atoms with E-state index in [-0.39, 0.29) is 0 Å². The highest BCUT2D eigenvalue weighted by Crippen LogP contribution is 2.39. The summed E-state index contributed by atoms with van der Waals surface area (Å²) in [4.78, 5) is 19.8. The van der Waals surface area contributed by atoms with Crippen LogP contribution in [0.5, 0.6) is 0 Å². The lowest BCUT2D eigenvalue weighted by atomic mass is 10.3. The number of aromatic nitrogens is 4. The molecule has 3 aromatic rings. The van der Waals surface area contributed by atoms with Crippen LogP contribution in [0.3, 0.4) is 0 Å².